The van der Waals surface area contributed by atoms with E-state index in [4.69, 9.17) is 21.3 Å². The van der Waals surface area contributed by atoms with Crippen LogP contribution in [-0.2, 0) is 17.8 Å². The Morgan fingerprint density at radius 2 is 2.00 bits per heavy atom. The molecule has 1 aliphatic carbocycles. The summed E-state index contributed by atoms with van der Waals surface area (Å²) in [4.78, 5) is 30.7. The van der Waals surface area contributed by atoms with Crippen molar-refractivity contribution in [1.29, 1.82) is 0 Å². The van der Waals surface area contributed by atoms with Crippen LogP contribution >= 0.6 is 11.6 Å². The van der Waals surface area contributed by atoms with Gasteiger partial charge in [0.05, 0.1) is 29.3 Å². The second-order valence-corrected chi connectivity index (χ2v) is 11.2. The molecule has 0 unspecified atom stereocenters. The van der Waals surface area contributed by atoms with E-state index in [0.717, 1.165) is 29.7 Å². The minimum atomic E-state index is -0.981. The molecule has 198 valence electrons. The minimum Gasteiger partial charge on any atom is -0.470 e. The number of fused-ring (bicyclic) bond motifs is 1. The Hall–Kier alpha value is -3.56. The normalized spacial score (nSPS) is 14.5. The Morgan fingerprint density at radius 3 is 2.68 bits per heavy atom. The van der Waals surface area contributed by atoms with Crippen LogP contribution in [0.1, 0.15) is 50.4 Å². The molecule has 5 rings (SSSR count). The number of aromatic nitrogens is 5. The van der Waals surface area contributed by atoms with E-state index in [1.165, 1.54) is 6.33 Å². The highest BCUT2D eigenvalue weighted by molar-refractivity contribution is 6.33. The number of amides is 1. The quantitative estimate of drug-likeness (QED) is 0.329. The van der Waals surface area contributed by atoms with Crippen LogP contribution in [0.2, 0.25) is 5.02 Å². The summed E-state index contributed by atoms with van der Waals surface area (Å²) in [6.45, 7) is 7.96. The first kappa shape index (κ1) is 26.1. The van der Waals surface area contributed by atoms with Crippen LogP contribution in [0, 0.1) is 6.92 Å². The lowest BCUT2D eigenvalue weighted by Crippen LogP contribution is -2.38. The van der Waals surface area contributed by atoms with E-state index in [2.05, 4.69) is 27.2 Å². The van der Waals surface area contributed by atoms with Gasteiger partial charge >= 0.3 is 0 Å². The molecule has 1 aliphatic rings. The highest BCUT2D eigenvalue weighted by Crippen LogP contribution is 2.41. The zero-order chi connectivity index (χ0) is 27.1. The van der Waals surface area contributed by atoms with Crippen molar-refractivity contribution in [3.05, 3.63) is 64.7 Å². The van der Waals surface area contributed by atoms with Crippen molar-refractivity contribution in [2.45, 2.75) is 64.7 Å². The molecule has 0 bridgehead atoms. The molecule has 3 aromatic heterocycles. The third-order valence-electron chi connectivity index (χ3n) is 6.45. The topological polar surface area (TPSA) is 115 Å². The summed E-state index contributed by atoms with van der Waals surface area (Å²) >= 11 is 6.77. The second-order valence-electron chi connectivity index (χ2n) is 10.8. The number of imidazole rings is 1. The van der Waals surface area contributed by atoms with Crippen molar-refractivity contribution in [3.8, 4) is 17.3 Å². The van der Waals surface area contributed by atoms with Gasteiger partial charge in [0.25, 0.3) is 0 Å². The number of rotatable bonds is 9. The minimum absolute atomic E-state index is 0.141. The van der Waals surface area contributed by atoms with Gasteiger partial charge in [-0.3, -0.25) is 9.78 Å². The third-order valence-corrected chi connectivity index (χ3v) is 6.76. The molecule has 0 spiro atoms. The molecule has 0 radical (unpaired) electrons. The van der Waals surface area contributed by atoms with Crippen LogP contribution in [0.25, 0.3) is 22.6 Å². The maximum atomic E-state index is 12.4. The number of benzene rings is 1. The van der Waals surface area contributed by atoms with Gasteiger partial charge < -0.3 is 19.7 Å². The Morgan fingerprint density at radius 1 is 1.21 bits per heavy atom. The smallest absolute Gasteiger partial charge is 0.245 e. The van der Waals surface area contributed by atoms with Gasteiger partial charge in [-0.15, -0.1) is 0 Å². The summed E-state index contributed by atoms with van der Waals surface area (Å²) in [6.07, 6.45) is 5.35. The van der Waals surface area contributed by atoms with Gasteiger partial charge in [-0.2, -0.15) is 4.98 Å². The van der Waals surface area contributed by atoms with Crippen LogP contribution in [0.15, 0.2) is 42.9 Å². The Balaban J connectivity index is 1.52. The van der Waals surface area contributed by atoms with Gasteiger partial charge in [-0.05, 0) is 75.9 Å². The number of hydrogen-bond acceptors (Lipinski definition) is 7. The van der Waals surface area contributed by atoms with Gasteiger partial charge in [0, 0.05) is 18.3 Å². The fourth-order valence-electron chi connectivity index (χ4n) is 4.12. The average molecular weight is 535 g/mol. The number of ether oxygens (including phenoxy) is 1. The molecule has 3 heterocycles. The fourth-order valence-corrected chi connectivity index (χ4v) is 4.40. The predicted octanol–water partition coefficient (Wildman–Crippen LogP) is 4.26. The summed E-state index contributed by atoms with van der Waals surface area (Å²) in [5.41, 5.74) is 3.39. The zero-order valence-electron chi connectivity index (χ0n) is 22.0. The number of carbonyl (C=O) groups excluding carboxylic acids is 1. The van der Waals surface area contributed by atoms with E-state index in [-0.39, 0.29) is 24.5 Å². The van der Waals surface area contributed by atoms with Gasteiger partial charge in [-0.25, -0.2) is 9.97 Å². The lowest BCUT2D eigenvalue weighted by atomic mass is 10.1. The third kappa shape index (κ3) is 5.95. The maximum Gasteiger partial charge on any atom is 0.245 e. The molecule has 1 amide bonds. The average Bonchev–Trinajstić information content (AvgIpc) is 3.46. The highest BCUT2D eigenvalue weighted by atomic mass is 35.5. The van der Waals surface area contributed by atoms with Crippen molar-refractivity contribution in [3.63, 3.8) is 0 Å². The Kier molecular flexibility index (Phi) is 6.83. The molecule has 1 aromatic carbocycles. The Bertz CT molecular complexity index is 1510. The molecular formula is C28H31ClN6O3. The van der Waals surface area contributed by atoms with Crippen molar-refractivity contribution in [2.24, 2.45) is 0 Å². The number of nitrogens with one attached hydrogen (secondary N) is 1. The van der Waals surface area contributed by atoms with Crippen LogP contribution in [0.5, 0.6) is 5.88 Å². The molecular weight excluding hydrogens is 504 g/mol. The van der Waals surface area contributed by atoms with Crippen LogP contribution < -0.4 is 10.1 Å². The lowest BCUT2D eigenvalue weighted by Gasteiger charge is -2.17. The zero-order valence-corrected chi connectivity index (χ0v) is 22.7. The summed E-state index contributed by atoms with van der Waals surface area (Å²) in [5.74, 6) is 0.861. The van der Waals surface area contributed by atoms with Gasteiger partial charge in [0.1, 0.15) is 17.8 Å². The lowest BCUT2D eigenvalue weighted by molar-refractivity contribution is -0.121. The van der Waals surface area contributed by atoms with E-state index in [1.807, 2.05) is 35.8 Å². The second kappa shape index (κ2) is 9.96. The van der Waals surface area contributed by atoms with Crippen molar-refractivity contribution < 1.29 is 14.6 Å². The van der Waals surface area contributed by atoms with E-state index in [9.17, 15) is 9.90 Å². The number of pyridine rings is 1. The highest BCUT2D eigenvalue weighted by Gasteiger charge is 2.41. The molecule has 1 fully saturated rings. The van der Waals surface area contributed by atoms with Crippen LogP contribution in [0.4, 0.5) is 0 Å². The predicted molar refractivity (Wildman–Crippen MR) is 145 cm³/mol. The van der Waals surface area contributed by atoms with Gasteiger partial charge in [-0.1, -0.05) is 17.7 Å². The molecule has 1 saturated carbocycles. The van der Waals surface area contributed by atoms with E-state index >= 15 is 0 Å². The summed E-state index contributed by atoms with van der Waals surface area (Å²) < 4.78 is 8.17. The molecule has 0 atom stereocenters. The molecule has 4 aromatic rings. The first-order valence-electron chi connectivity index (χ1n) is 12.6. The molecule has 0 aliphatic heterocycles. The molecule has 2 N–H and O–H groups in total. The number of aryl methyl sites for hydroxylation is 1. The number of aliphatic hydroxyl groups is 1. The number of nitrogens with zero attached hydrogens (tertiary/aromatic N) is 5. The van der Waals surface area contributed by atoms with Crippen LogP contribution in [-0.4, -0.2) is 53.3 Å². The SMILES string of the molecule is Cc1ccnc(Cn2c(-c3ccc(CC(=O)NCC(C)(C)O)cc3Cl)nc3c(OC4(C)CC4)ncnc32)c1. The largest absolute Gasteiger partial charge is 0.470 e. The standard InChI is InChI=1S/C28H31ClN6O3/c1-17-7-10-30-19(11-17)14-35-24(34-23-25(35)32-16-33-26(23)38-28(4)8-9-28)20-6-5-18(12-21(20)29)13-22(36)31-15-27(2,3)37/h5-7,10-12,16,37H,8-9,13-15H2,1-4H3,(H,31,36). The summed E-state index contributed by atoms with van der Waals surface area (Å²) in [7, 11) is 0. The number of hydrogen-bond donors (Lipinski definition) is 2. The molecule has 10 heteroatoms. The van der Waals surface area contributed by atoms with Crippen molar-refractivity contribution >= 4 is 28.7 Å². The summed E-state index contributed by atoms with van der Waals surface area (Å²) in [6, 6.07) is 9.46. The molecule has 38 heavy (non-hydrogen) atoms. The summed E-state index contributed by atoms with van der Waals surface area (Å²) in [5, 5.41) is 13.1. The monoisotopic (exact) mass is 534 g/mol. The number of halogens is 1. The fraction of sp³-hybridized carbons (Fsp3) is 0.393. The first-order valence-corrected chi connectivity index (χ1v) is 13.0. The van der Waals surface area contributed by atoms with Crippen LogP contribution in [0.3, 0.4) is 0 Å². The maximum absolute atomic E-state index is 12.4. The van der Waals surface area contributed by atoms with Crippen molar-refractivity contribution in [2.75, 3.05) is 6.54 Å². The first-order chi connectivity index (χ1) is 18.0. The van der Waals surface area contributed by atoms with Gasteiger partial charge in [0.15, 0.2) is 11.2 Å². The Labute approximate surface area is 226 Å². The van der Waals surface area contributed by atoms with E-state index in [1.54, 1.807) is 26.1 Å². The van der Waals surface area contributed by atoms with Gasteiger partial charge in [0.2, 0.25) is 11.8 Å². The van der Waals surface area contributed by atoms with E-state index < -0.39 is 5.60 Å². The molecule has 0 saturated heterocycles. The van der Waals surface area contributed by atoms with Crippen molar-refractivity contribution in [1.82, 2.24) is 29.8 Å². The number of carbonyl (C=O) groups is 1. The van der Waals surface area contributed by atoms with E-state index in [0.29, 0.717) is 40.0 Å². The molecule has 9 nitrogen and oxygen atoms in total.